The van der Waals surface area contributed by atoms with Crippen LogP contribution in [0.1, 0.15) is 13.8 Å². The summed E-state index contributed by atoms with van der Waals surface area (Å²) in [5, 5.41) is 24.4. The van der Waals surface area contributed by atoms with E-state index >= 15 is 0 Å². The summed E-state index contributed by atoms with van der Waals surface area (Å²) in [5.41, 5.74) is 0. The third kappa shape index (κ3) is 4.88. The fraction of sp³-hybridized carbons (Fsp3) is 0.375. The first kappa shape index (κ1) is 17.8. The molecule has 2 aromatic carbocycles. The minimum atomic E-state index is -0.565. The van der Waals surface area contributed by atoms with Gasteiger partial charge in [-0.2, -0.15) is 0 Å². The number of phenolic OH excluding ortho intramolecular Hbond substituents is 1. The van der Waals surface area contributed by atoms with Crippen LogP contribution in [0.2, 0.25) is 0 Å². The molecule has 5 heteroatoms. The molecule has 0 heterocycles. The smallest absolute Gasteiger partial charge is 0.127 e. The molecule has 0 bridgehead atoms. The summed E-state index contributed by atoms with van der Waals surface area (Å²) < 4.78 is 5.67. The number of fused-ring (bicyclic) bond motifs is 1. The minimum absolute atomic E-state index is 0. The van der Waals surface area contributed by atoms with E-state index in [1.165, 1.54) is 0 Å². The molecule has 0 aliphatic carbocycles. The zero-order valence-corrected chi connectivity index (χ0v) is 14.0. The van der Waals surface area contributed by atoms with Crippen LogP contribution in [-0.4, -0.2) is 35.5 Å². The number of rotatable bonds is 6. The third-order valence-electron chi connectivity index (χ3n) is 3.05. The Morgan fingerprint density at radius 3 is 2.43 bits per heavy atom. The van der Waals surface area contributed by atoms with Crippen LogP contribution in [0, 0.1) is 0 Å². The molecule has 21 heavy (non-hydrogen) atoms. The Morgan fingerprint density at radius 1 is 1.10 bits per heavy atom. The van der Waals surface area contributed by atoms with Gasteiger partial charge >= 0.3 is 0 Å². The number of nitrogens with one attached hydrogen (secondary N) is 1. The first-order chi connectivity index (χ1) is 9.58. The molecular formula is C16H22BrNO3. The molecule has 0 aromatic heterocycles. The fourth-order valence-corrected chi connectivity index (χ4v) is 2.00. The lowest BCUT2D eigenvalue weighted by Crippen LogP contribution is -2.35. The number of phenols is 1. The van der Waals surface area contributed by atoms with Crippen molar-refractivity contribution in [3.8, 4) is 11.5 Å². The van der Waals surface area contributed by atoms with E-state index < -0.39 is 6.10 Å². The molecule has 0 unspecified atom stereocenters. The van der Waals surface area contributed by atoms with E-state index in [4.69, 9.17) is 4.74 Å². The number of hydrogen-bond donors (Lipinski definition) is 3. The van der Waals surface area contributed by atoms with Gasteiger partial charge in [0.05, 0.1) is 0 Å². The van der Waals surface area contributed by atoms with Crippen molar-refractivity contribution in [1.29, 1.82) is 0 Å². The van der Waals surface area contributed by atoms with Crippen LogP contribution in [0.4, 0.5) is 0 Å². The predicted octanol–water partition coefficient (Wildman–Crippen LogP) is 2.86. The van der Waals surface area contributed by atoms with Gasteiger partial charge in [-0.15, -0.1) is 17.0 Å². The molecule has 0 aliphatic rings. The quantitative estimate of drug-likeness (QED) is 0.745. The molecule has 4 nitrogen and oxygen atoms in total. The van der Waals surface area contributed by atoms with Crippen molar-refractivity contribution in [3.05, 3.63) is 36.4 Å². The average Bonchev–Trinajstić information content (AvgIpc) is 2.45. The lowest BCUT2D eigenvalue weighted by molar-refractivity contribution is 0.105. The SMILES string of the molecule is Br.CC(C)NC[C@@H](O)COc1ccc(O)c2ccccc12. The first-order valence-electron chi connectivity index (χ1n) is 6.83. The van der Waals surface area contributed by atoms with E-state index in [1.54, 1.807) is 12.1 Å². The Bertz CT molecular complexity index is 574. The van der Waals surface area contributed by atoms with Crippen molar-refractivity contribution < 1.29 is 14.9 Å². The van der Waals surface area contributed by atoms with Crippen molar-refractivity contribution in [2.45, 2.75) is 26.0 Å². The maximum absolute atomic E-state index is 9.85. The van der Waals surface area contributed by atoms with Crippen molar-refractivity contribution in [3.63, 3.8) is 0 Å². The second-order valence-corrected chi connectivity index (χ2v) is 5.16. The largest absolute Gasteiger partial charge is 0.507 e. The molecule has 0 saturated heterocycles. The van der Waals surface area contributed by atoms with Gasteiger partial charge in [-0.1, -0.05) is 38.1 Å². The number of halogens is 1. The maximum Gasteiger partial charge on any atom is 0.127 e. The van der Waals surface area contributed by atoms with Crippen LogP contribution < -0.4 is 10.1 Å². The van der Waals surface area contributed by atoms with Gasteiger partial charge < -0.3 is 20.3 Å². The number of benzene rings is 2. The topological polar surface area (TPSA) is 61.7 Å². The minimum Gasteiger partial charge on any atom is -0.507 e. The molecule has 2 rings (SSSR count). The van der Waals surface area contributed by atoms with Crippen LogP contribution in [0.3, 0.4) is 0 Å². The normalized spacial score (nSPS) is 12.2. The lowest BCUT2D eigenvalue weighted by Gasteiger charge is -2.16. The summed E-state index contributed by atoms with van der Waals surface area (Å²) in [7, 11) is 0. The second kappa shape index (κ2) is 8.22. The zero-order valence-electron chi connectivity index (χ0n) is 12.2. The summed E-state index contributed by atoms with van der Waals surface area (Å²) in [6.07, 6.45) is -0.565. The van der Waals surface area contributed by atoms with Gasteiger partial charge in [0.2, 0.25) is 0 Å². The molecule has 0 amide bonds. The third-order valence-corrected chi connectivity index (χ3v) is 3.05. The highest BCUT2D eigenvalue weighted by atomic mass is 79.9. The Kier molecular flexibility index (Phi) is 6.95. The number of hydrogen-bond acceptors (Lipinski definition) is 4. The van der Waals surface area contributed by atoms with Crippen molar-refractivity contribution in [2.24, 2.45) is 0 Å². The highest BCUT2D eigenvalue weighted by Crippen LogP contribution is 2.32. The molecule has 0 fully saturated rings. The summed E-state index contributed by atoms with van der Waals surface area (Å²) in [4.78, 5) is 0. The van der Waals surface area contributed by atoms with Crippen LogP contribution in [0.25, 0.3) is 10.8 Å². The van der Waals surface area contributed by atoms with Gasteiger partial charge in [-0.3, -0.25) is 0 Å². The molecular weight excluding hydrogens is 334 g/mol. The Balaban J connectivity index is 0.00000220. The summed E-state index contributed by atoms with van der Waals surface area (Å²) >= 11 is 0. The number of aliphatic hydroxyl groups excluding tert-OH is 1. The number of ether oxygens (including phenoxy) is 1. The second-order valence-electron chi connectivity index (χ2n) is 5.16. The fourth-order valence-electron chi connectivity index (χ4n) is 2.00. The highest BCUT2D eigenvalue weighted by Gasteiger charge is 2.09. The number of aliphatic hydroxyl groups is 1. The van der Waals surface area contributed by atoms with Crippen LogP contribution in [0.5, 0.6) is 11.5 Å². The first-order valence-corrected chi connectivity index (χ1v) is 6.83. The molecule has 2 aromatic rings. The molecule has 3 N–H and O–H groups in total. The van der Waals surface area contributed by atoms with Gasteiger partial charge in [-0.05, 0) is 12.1 Å². The Labute approximate surface area is 135 Å². The Morgan fingerprint density at radius 2 is 1.76 bits per heavy atom. The van der Waals surface area contributed by atoms with Crippen LogP contribution in [-0.2, 0) is 0 Å². The zero-order chi connectivity index (χ0) is 14.5. The summed E-state index contributed by atoms with van der Waals surface area (Å²) in [5.74, 6) is 0.900. The molecule has 0 saturated carbocycles. The Hall–Kier alpha value is -1.30. The molecule has 0 radical (unpaired) electrons. The van der Waals surface area contributed by atoms with Gasteiger partial charge in [0.15, 0.2) is 0 Å². The van der Waals surface area contributed by atoms with Crippen molar-refractivity contribution >= 4 is 27.8 Å². The summed E-state index contributed by atoms with van der Waals surface area (Å²) in [6.45, 7) is 4.77. The number of aromatic hydroxyl groups is 1. The standard InChI is InChI=1S/C16H21NO3.BrH/c1-11(2)17-9-12(18)10-20-16-8-7-15(19)13-5-3-4-6-14(13)16;/h3-8,11-12,17-19H,9-10H2,1-2H3;1H/t12-;/m1./s1. The lowest BCUT2D eigenvalue weighted by atomic mass is 10.1. The van der Waals surface area contributed by atoms with Crippen molar-refractivity contribution in [1.82, 2.24) is 5.32 Å². The van der Waals surface area contributed by atoms with E-state index in [-0.39, 0.29) is 29.3 Å². The van der Waals surface area contributed by atoms with Crippen LogP contribution in [0.15, 0.2) is 36.4 Å². The average molecular weight is 356 g/mol. The van der Waals surface area contributed by atoms with E-state index in [0.717, 1.165) is 10.8 Å². The molecule has 1 atom stereocenters. The highest BCUT2D eigenvalue weighted by molar-refractivity contribution is 8.93. The van der Waals surface area contributed by atoms with E-state index in [0.29, 0.717) is 18.3 Å². The van der Waals surface area contributed by atoms with Gasteiger partial charge in [0.1, 0.15) is 24.2 Å². The van der Waals surface area contributed by atoms with Gasteiger partial charge in [0.25, 0.3) is 0 Å². The van der Waals surface area contributed by atoms with Crippen molar-refractivity contribution in [2.75, 3.05) is 13.2 Å². The predicted molar refractivity (Wildman–Crippen MR) is 90.6 cm³/mol. The van der Waals surface area contributed by atoms with Gasteiger partial charge in [0, 0.05) is 23.4 Å². The van der Waals surface area contributed by atoms with Crippen LogP contribution >= 0.6 is 17.0 Å². The monoisotopic (exact) mass is 355 g/mol. The molecule has 0 aliphatic heterocycles. The summed E-state index contributed by atoms with van der Waals surface area (Å²) in [6, 6.07) is 11.2. The van der Waals surface area contributed by atoms with E-state index in [9.17, 15) is 10.2 Å². The maximum atomic E-state index is 9.85. The molecule has 0 spiro atoms. The van der Waals surface area contributed by atoms with E-state index in [1.807, 2.05) is 38.1 Å². The van der Waals surface area contributed by atoms with E-state index in [2.05, 4.69) is 5.32 Å². The molecule has 116 valence electrons. The van der Waals surface area contributed by atoms with Gasteiger partial charge in [-0.25, -0.2) is 0 Å².